The van der Waals surface area contributed by atoms with Crippen LogP contribution in [0.1, 0.15) is 63.6 Å². The molecule has 1 aromatic rings. The second-order valence-electron chi connectivity index (χ2n) is 6.86. The lowest BCUT2D eigenvalue weighted by Gasteiger charge is -2.18. The highest BCUT2D eigenvalue weighted by Gasteiger charge is 2.16. The Labute approximate surface area is 152 Å². The molecule has 0 saturated carbocycles. The van der Waals surface area contributed by atoms with Gasteiger partial charge in [0, 0.05) is 18.5 Å². The molecule has 2 rings (SSSR count). The van der Waals surface area contributed by atoms with Gasteiger partial charge >= 0.3 is 0 Å². The highest BCUT2D eigenvalue weighted by molar-refractivity contribution is 7.09. The van der Waals surface area contributed by atoms with Crippen LogP contribution in [0.4, 0.5) is 0 Å². The van der Waals surface area contributed by atoms with E-state index >= 15 is 0 Å². The maximum atomic E-state index is 4.80. The van der Waals surface area contributed by atoms with E-state index in [2.05, 4.69) is 55.9 Å². The van der Waals surface area contributed by atoms with Crippen molar-refractivity contribution in [3.63, 3.8) is 0 Å². The van der Waals surface area contributed by atoms with Crippen molar-refractivity contribution in [2.24, 2.45) is 5.92 Å². The summed E-state index contributed by atoms with van der Waals surface area (Å²) in [5.74, 6) is 0.630. The minimum atomic E-state index is 0.630. The predicted molar refractivity (Wildman–Crippen MR) is 107 cm³/mol. The SMILES string of the molecule is C=C(c1csc(CCCC(C)/C=C(C)/C=C/CC)n1)N1CCCC1. The van der Waals surface area contributed by atoms with Crippen LogP contribution in [0.25, 0.3) is 5.70 Å². The summed E-state index contributed by atoms with van der Waals surface area (Å²) < 4.78 is 0. The molecule has 0 spiro atoms. The van der Waals surface area contributed by atoms with Crippen molar-refractivity contribution in [2.75, 3.05) is 13.1 Å². The van der Waals surface area contributed by atoms with E-state index in [-0.39, 0.29) is 0 Å². The van der Waals surface area contributed by atoms with Crippen molar-refractivity contribution in [3.05, 3.63) is 46.5 Å². The summed E-state index contributed by atoms with van der Waals surface area (Å²) in [5, 5.41) is 3.43. The zero-order valence-electron chi connectivity index (χ0n) is 15.6. The van der Waals surface area contributed by atoms with E-state index in [9.17, 15) is 0 Å². The lowest BCUT2D eigenvalue weighted by Crippen LogP contribution is -2.16. The molecule has 0 amide bonds. The minimum absolute atomic E-state index is 0.630. The minimum Gasteiger partial charge on any atom is -0.370 e. The summed E-state index contributed by atoms with van der Waals surface area (Å²) in [6.45, 7) is 13.2. The molecule has 0 N–H and O–H groups in total. The van der Waals surface area contributed by atoms with Crippen LogP contribution in [-0.4, -0.2) is 23.0 Å². The van der Waals surface area contributed by atoms with Gasteiger partial charge in [-0.2, -0.15) is 0 Å². The van der Waals surface area contributed by atoms with Crippen molar-refractivity contribution in [1.82, 2.24) is 9.88 Å². The third kappa shape index (κ3) is 5.94. The van der Waals surface area contributed by atoms with Gasteiger partial charge in [-0.1, -0.05) is 44.2 Å². The molecule has 1 fully saturated rings. The highest BCUT2D eigenvalue weighted by atomic mass is 32.1. The number of allylic oxidation sites excluding steroid dienone is 4. The lowest BCUT2D eigenvalue weighted by atomic mass is 10.0. The van der Waals surface area contributed by atoms with Gasteiger partial charge < -0.3 is 4.90 Å². The first-order valence-corrected chi connectivity index (χ1v) is 10.2. The highest BCUT2D eigenvalue weighted by Crippen LogP contribution is 2.24. The maximum Gasteiger partial charge on any atom is 0.0969 e. The molecule has 0 aromatic carbocycles. The second-order valence-corrected chi connectivity index (χ2v) is 7.80. The summed E-state index contributed by atoms with van der Waals surface area (Å²) in [4.78, 5) is 7.18. The summed E-state index contributed by atoms with van der Waals surface area (Å²) in [6, 6.07) is 0. The third-order valence-corrected chi connectivity index (χ3v) is 5.46. The summed E-state index contributed by atoms with van der Waals surface area (Å²) in [6.07, 6.45) is 14.0. The van der Waals surface area contributed by atoms with Gasteiger partial charge in [0.05, 0.1) is 16.4 Å². The number of rotatable bonds is 9. The van der Waals surface area contributed by atoms with Crippen LogP contribution in [0.3, 0.4) is 0 Å². The third-order valence-electron chi connectivity index (χ3n) is 4.55. The number of thiazole rings is 1. The normalized spacial score (nSPS) is 17.0. The molecule has 24 heavy (non-hydrogen) atoms. The van der Waals surface area contributed by atoms with Crippen LogP contribution in [-0.2, 0) is 6.42 Å². The van der Waals surface area contributed by atoms with Crippen LogP contribution < -0.4 is 0 Å². The molecular formula is C21H32N2S. The fourth-order valence-corrected chi connectivity index (χ4v) is 4.02. The van der Waals surface area contributed by atoms with E-state index in [1.54, 1.807) is 11.3 Å². The fraction of sp³-hybridized carbons (Fsp3) is 0.571. The van der Waals surface area contributed by atoms with Gasteiger partial charge in [0.1, 0.15) is 0 Å². The number of nitrogens with zero attached hydrogens (tertiary/aromatic N) is 2. The zero-order chi connectivity index (χ0) is 17.4. The Kier molecular flexibility index (Phi) is 7.77. The molecule has 132 valence electrons. The molecule has 1 atom stereocenters. The smallest absolute Gasteiger partial charge is 0.0969 e. The Balaban J connectivity index is 1.76. The molecule has 0 bridgehead atoms. The molecule has 1 aliphatic rings. The van der Waals surface area contributed by atoms with Gasteiger partial charge in [0.25, 0.3) is 0 Å². The lowest BCUT2D eigenvalue weighted by molar-refractivity contribution is 0.492. The Morgan fingerprint density at radius 3 is 2.88 bits per heavy atom. The number of hydrogen-bond donors (Lipinski definition) is 0. The molecule has 2 nitrogen and oxygen atoms in total. The summed E-state index contributed by atoms with van der Waals surface area (Å²) in [7, 11) is 0. The van der Waals surface area contributed by atoms with Gasteiger partial charge in [-0.15, -0.1) is 11.3 Å². The molecule has 1 saturated heterocycles. The zero-order valence-corrected chi connectivity index (χ0v) is 16.4. The maximum absolute atomic E-state index is 4.80. The molecule has 1 aromatic heterocycles. The Morgan fingerprint density at radius 2 is 2.17 bits per heavy atom. The van der Waals surface area contributed by atoms with E-state index in [1.165, 1.54) is 36.3 Å². The standard InChI is InChI=1S/C21H32N2S/c1-5-6-10-17(2)15-18(3)11-9-12-21-22-20(16-24-21)19(4)23-13-7-8-14-23/h6,10,15-16,18H,4-5,7-9,11-14H2,1-3H3/b10-6+,17-15+. The van der Waals surface area contributed by atoms with Crippen LogP contribution >= 0.6 is 11.3 Å². The van der Waals surface area contributed by atoms with Gasteiger partial charge in [-0.25, -0.2) is 4.98 Å². The van der Waals surface area contributed by atoms with Crippen molar-refractivity contribution in [1.29, 1.82) is 0 Å². The van der Waals surface area contributed by atoms with Crippen LogP contribution in [0, 0.1) is 5.92 Å². The van der Waals surface area contributed by atoms with Crippen LogP contribution in [0.2, 0.25) is 0 Å². The van der Waals surface area contributed by atoms with E-state index in [1.807, 2.05) is 0 Å². The first-order chi connectivity index (χ1) is 11.6. The topological polar surface area (TPSA) is 16.1 Å². The van der Waals surface area contributed by atoms with Crippen LogP contribution in [0.5, 0.6) is 0 Å². The van der Waals surface area contributed by atoms with Crippen molar-refractivity contribution >= 4 is 17.0 Å². The number of aromatic nitrogens is 1. The number of aryl methyl sites for hydroxylation is 1. The molecule has 0 aliphatic carbocycles. The summed E-state index contributed by atoms with van der Waals surface area (Å²) >= 11 is 1.79. The Bertz CT molecular complexity index is 576. The van der Waals surface area contributed by atoms with Gasteiger partial charge in [-0.05, 0) is 51.4 Å². The fourth-order valence-electron chi connectivity index (χ4n) is 3.17. The average molecular weight is 345 g/mol. The predicted octanol–water partition coefficient (Wildman–Crippen LogP) is 6.08. The summed E-state index contributed by atoms with van der Waals surface area (Å²) in [5.41, 5.74) is 3.58. The molecule has 1 aliphatic heterocycles. The van der Waals surface area contributed by atoms with Gasteiger partial charge in [0.2, 0.25) is 0 Å². The van der Waals surface area contributed by atoms with Crippen molar-refractivity contribution in [2.45, 2.75) is 59.3 Å². The first-order valence-electron chi connectivity index (χ1n) is 9.33. The van der Waals surface area contributed by atoms with E-state index < -0.39 is 0 Å². The van der Waals surface area contributed by atoms with Crippen molar-refractivity contribution in [3.8, 4) is 0 Å². The quantitative estimate of drug-likeness (QED) is 0.505. The van der Waals surface area contributed by atoms with Crippen LogP contribution in [0.15, 0.2) is 35.8 Å². The molecule has 0 radical (unpaired) electrons. The molecule has 3 heteroatoms. The van der Waals surface area contributed by atoms with E-state index in [0.29, 0.717) is 5.92 Å². The average Bonchev–Trinajstić information content (AvgIpc) is 3.24. The number of likely N-dealkylation sites (tertiary alicyclic amines) is 1. The number of hydrogen-bond acceptors (Lipinski definition) is 3. The van der Waals surface area contributed by atoms with Gasteiger partial charge in [0.15, 0.2) is 0 Å². The van der Waals surface area contributed by atoms with Gasteiger partial charge in [-0.3, -0.25) is 0 Å². The molecule has 2 heterocycles. The van der Waals surface area contributed by atoms with Crippen molar-refractivity contribution < 1.29 is 0 Å². The Hall–Kier alpha value is -1.35. The molecular weight excluding hydrogens is 312 g/mol. The van der Waals surface area contributed by atoms with E-state index in [0.717, 1.165) is 37.3 Å². The molecule has 1 unspecified atom stereocenters. The monoisotopic (exact) mass is 344 g/mol. The first kappa shape index (κ1) is 19.0. The van der Waals surface area contributed by atoms with E-state index in [4.69, 9.17) is 4.98 Å². The second kappa shape index (κ2) is 9.83. The largest absolute Gasteiger partial charge is 0.370 e. The Morgan fingerprint density at radius 1 is 1.42 bits per heavy atom.